The maximum atomic E-state index is 13.6. The molecule has 0 saturated carbocycles. The fourth-order valence-electron chi connectivity index (χ4n) is 4.05. The fraction of sp³-hybridized carbons (Fsp3) is 0.261. The lowest BCUT2D eigenvalue weighted by Gasteiger charge is -2.34. The van der Waals surface area contributed by atoms with Crippen LogP contribution >= 0.6 is 0 Å². The van der Waals surface area contributed by atoms with E-state index in [0.717, 1.165) is 5.56 Å². The van der Waals surface area contributed by atoms with Gasteiger partial charge in [-0.3, -0.25) is 9.48 Å². The highest BCUT2D eigenvalue weighted by Crippen LogP contribution is 2.27. The number of carbonyl (C=O) groups is 1. The molecule has 0 spiro atoms. The van der Waals surface area contributed by atoms with Crippen molar-refractivity contribution in [2.45, 2.75) is 4.90 Å². The molecule has 1 unspecified atom stereocenters. The van der Waals surface area contributed by atoms with E-state index in [-0.39, 0.29) is 10.8 Å². The summed E-state index contributed by atoms with van der Waals surface area (Å²) in [5.74, 6) is 0.566. The Bertz CT molecular complexity index is 1390. The standard InChI is InChI=1S/C23H23N7O3S/c1-28-21-19(15-26-28)18(14-20(27-21)16-4-6-17(7-5-16)34(2,32)33)22(31)29-10-12-30(13-11-29)23-24-8-3-9-25-23/h3-9,14-15H,10-13H2,1-2H3. The zero-order valence-corrected chi connectivity index (χ0v) is 19.6. The normalized spacial score (nSPS) is 16.0. The van der Waals surface area contributed by atoms with Crippen LogP contribution in [-0.2, 0) is 21.5 Å². The maximum absolute atomic E-state index is 13.6. The molecule has 4 aromatic rings. The molecule has 34 heavy (non-hydrogen) atoms. The number of benzene rings is 1. The molecule has 1 aromatic carbocycles. The molecule has 1 aliphatic rings. The van der Waals surface area contributed by atoms with E-state index < -0.39 is 10.2 Å². The van der Waals surface area contributed by atoms with Crippen molar-refractivity contribution in [3.63, 3.8) is 0 Å². The topological polar surface area (TPSA) is 120 Å². The third kappa shape index (κ3) is 4.15. The van der Waals surface area contributed by atoms with Crippen molar-refractivity contribution >= 4 is 33.1 Å². The van der Waals surface area contributed by atoms with Crippen LogP contribution in [0.25, 0.3) is 22.3 Å². The van der Waals surface area contributed by atoms with Gasteiger partial charge >= 0.3 is 0 Å². The van der Waals surface area contributed by atoms with Gasteiger partial charge < -0.3 is 14.4 Å². The summed E-state index contributed by atoms with van der Waals surface area (Å²) in [7, 11) is -1.53. The van der Waals surface area contributed by atoms with Gasteiger partial charge in [0, 0.05) is 51.2 Å². The van der Waals surface area contributed by atoms with Gasteiger partial charge in [-0.05, 0) is 36.4 Å². The highest BCUT2D eigenvalue weighted by atomic mass is 32.3. The Morgan fingerprint density at radius 2 is 1.74 bits per heavy atom. The highest BCUT2D eigenvalue weighted by molar-refractivity contribution is 7.97. The number of carbonyl (C=O) groups excluding carboxylic acids is 1. The van der Waals surface area contributed by atoms with Crippen molar-refractivity contribution < 1.29 is 13.6 Å². The van der Waals surface area contributed by atoms with Crippen molar-refractivity contribution in [3.8, 4) is 11.3 Å². The molecule has 1 amide bonds. The molecule has 0 bridgehead atoms. The van der Waals surface area contributed by atoms with E-state index in [9.17, 15) is 13.6 Å². The number of aryl methyl sites for hydroxylation is 1. The van der Waals surface area contributed by atoms with Crippen LogP contribution in [0.5, 0.6) is 0 Å². The van der Waals surface area contributed by atoms with E-state index in [0.29, 0.717) is 54.4 Å². The van der Waals surface area contributed by atoms with Crippen molar-refractivity contribution in [1.29, 1.82) is 0 Å². The number of nitrogens with zero attached hydrogens (tertiary/aromatic N) is 7. The van der Waals surface area contributed by atoms with Crippen LogP contribution < -0.4 is 4.90 Å². The van der Waals surface area contributed by atoms with Gasteiger partial charge in [0.1, 0.15) is 6.26 Å². The molecular weight excluding hydrogens is 454 g/mol. The average Bonchev–Trinajstić information content (AvgIpc) is 3.24. The van der Waals surface area contributed by atoms with E-state index in [4.69, 9.17) is 4.98 Å². The summed E-state index contributed by atoms with van der Waals surface area (Å²) in [6, 6.07) is 10.0. The first kappa shape index (κ1) is 22.1. The van der Waals surface area contributed by atoms with E-state index in [1.807, 2.05) is 4.90 Å². The number of aromatic nitrogens is 5. The summed E-state index contributed by atoms with van der Waals surface area (Å²) in [6.07, 6.45) is 6.24. The number of anilines is 1. The van der Waals surface area contributed by atoms with Crippen LogP contribution in [0.4, 0.5) is 5.95 Å². The fourth-order valence-corrected chi connectivity index (χ4v) is 4.68. The molecule has 0 aliphatic carbocycles. The van der Waals surface area contributed by atoms with Gasteiger partial charge in [-0.2, -0.15) is 5.10 Å². The van der Waals surface area contributed by atoms with Crippen molar-refractivity contribution in [2.24, 2.45) is 7.05 Å². The van der Waals surface area contributed by atoms with Crippen molar-refractivity contribution in [3.05, 3.63) is 60.6 Å². The summed E-state index contributed by atoms with van der Waals surface area (Å²) in [5, 5.41) is 4.97. The van der Waals surface area contributed by atoms with Crippen LogP contribution in [0, 0.1) is 0 Å². The minimum atomic E-state index is -3.30. The summed E-state index contributed by atoms with van der Waals surface area (Å²) in [5.41, 5.74) is 2.40. The van der Waals surface area contributed by atoms with E-state index in [1.54, 1.807) is 66.7 Å². The van der Waals surface area contributed by atoms with Gasteiger partial charge in [-0.1, -0.05) is 0 Å². The van der Waals surface area contributed by atoms with E-state index in [2.05, 4.69) is 20.0 Å². The van der Waals surface area contributed by atoms with Crippen LogP contribution in [0.3, 0.4) is 0 Å². The molecule has 1 aliphatic heterocycles. The van der Waals surface area contributed by atoms with Crippen molar-refractivity contribution in [1.82, 2.24) is 29.6 Å². The number of rotatable bonds is 4. The summed E-state index contributed by atoms with van der Waals surface area (Å²) in [4.78, 5) is 31.0. The van der Waals surface area contributed by atoms with Crippen LogP contribution in [0.2, 0.25) is 0 Å². The quantitative estimate of drug-likeness (QED) is 0.409. The first-order valence-corrected chi connectivity index (χ1v) is 12.6. The predicted octanol–water partition coefficient (Wildman–Crippen LogP) is 2.01. The van der Waals surface area contributed by atoms with Gasteiger partial charge in [0.05, 0.1) is 33.1 Å². The van der Waals surface area contributed by atoms with Crippen LogP contribution in [0.15, 0.2) is 59.9 Å². The Balaban J connectivity index is 1.45. The molecule has 174 valence electrons. The number of pyridine rings is 1. The molecule has 1 fully saturated rings. The second kappa shape index (κ2) is 8.58. The lowest BCUT2D eigenvalue weighted by molar-refractivity contribution is 0.0748. The first-order chi connectivity index (χ1) is 16.3. The smallest absolute Gasteiger partial charge is 0.254 e. The molecule has 1 saturated heterocycles. The Hall–Kier alpha value is -3.70. The van der Waals surface area contributed by atoms with Crippen molar-refractivity contribution in [2.75, 3.05) is 37.3 Å². The van der Waals surface area contributed by atoms with Gasteiger partial charge in [-0.25, -0.2) is 15.0 Å². The molecule has 1 atom stereocenters. The first-order valence-electron chi connectivity index (χ1n) is 10.8. The van der Waals surface area contributed by atoms with Gasteiger partial charge in [0.2, 0.25) is 5.95 Å². The number of fused-ring (bicyclic) bond motifs is 1. The molecular formula is C23H23N7O3S. The number of amides is 1. The summed E-state index contributed by atoms with van der Waals surface area (Å²) in [6.45, 7) is 2.35. The third-order valence-electron chi connectivity index (χ3n) is 5.92. The predicted molar refractivity (Wildman–Crippen MR) is 127 cm³/mol. The summed E-state index contributed by atoms with van der Waals surface area (Å²) < 4.78 is 25.2. The SMILES string of the molecule is Cn1ncc2c(C(=O)N3CCN(c4ncccn4)CC3)cc(-c3ccc([S+](C)(=O)[O-])cc3)nc21. The molecule has 0 N–H and O–H groups in total. The average molecular weight is 478 g/mol. The molecule has 5 rings (SSSR count). The van der Waals surface area contributed by atoms with Gasteiger partial charge in [0.25, 0.3) is 5.91 Å². The Morgan fingerprint density at radius 3 is 2.38 bits per heavy atom. The van der Waals surface area contributed by atoms with Crippen LogP contribution in [-0.4, -0.2) is 72.5 Å². The number of hydrogen-bond acceptors (Lipinski definition) is 8. The molecule has 0 radical (unpaired) electrons. The zero-order valence-electron chi connectivity index (χ0n) is 18.8. The van der Waals surface area contributed by atoms with Gasteiger partial charge in [0.15, 0.2) is 10.5 Å². The molecule has 11 heteroatoms. The van der Waals surface area contributed by atoms with Gasteiger partial charge in [-0.15, -0.1) is 4.21 Å². The molecule has 4 heterocycles. The monoisotopic (exact) mass is 477 g/mol. The Kier molecular flexibility index (Phi) is 5.58. The number of piperazine rings is 1. The molecule has 3 aromatic heterocycles. The molecule has 10 nitrogen and oxygen atoms in total. The summed E-state index contributed by atoms with van der Waals surface area (Å²) >= 11 is 0. The van der Waals surface area contributed by atoms with E-state index >= 15 is 0 Å². The van der Waals surface area contributed by atoms with E-state index in [1.165, 1.54) is 6.26 Å². The Morgan fingerprint density at radius 1 is 1.06 bits per heavy atom. The zero-order chi connectivity index (χ0) is 23.9. The maximum Gasteiger partial charge on any atom is 0.254 e. The number of hydrogen-bond donors (Lipinski definition) is 0. The Labute approximate surface area is 197 Å². The highest BCUT2D eigenvalue weighted by Gasteiger charge is 2.26. The van der Waals surface area contributed by atoms with Crippen LogP contribution in [0.1, 0.15) is 10.4 Å². The third-order valence-corrected chi connectivity index (χ3v) is 7.04. The second-order valence-electron chi connectivity index (χ2n) is 8.19. The minimum Gasteiger partial charge on any atom is -0.610 e. The largest absolute Gasteiger partial charge is 0.610 e. The minimum absolute atomic E-state index is 0.0944. The number of sulfone groups is 1. The lowest BCUT2D eigenvalue weighted by atomic mass is 10.1. The lowest BCUT2D eigenvalue weighted by Crippen LogP contribution is -2.49. The second-order valence-corrected chi connectivity index (χ2v) is 10.2.